The Labute approximate surface area is 111 Å². The second kappa shape index (κ2) is 5.56. The van der Waals surface area contributed by atoms with Gasteiger partial charge in [0.2, 0.25) is 0 Å². The van der Waals surface area contributed by atoms with E-state index in [-0.39, 0.29) is 6.54 Å². The molecule has 2 aromatic rings. The molecule has 2 rings (SSSR count). The van der Waals surface area contributed by atoms with Crippen molar-refractivity contribution in [2.24, 2.45) is 0 Å². The number of aliphatic carboxylic acids is 1. The normalized spacial score (nSPS) is 10.4. The smallest absolute Gasteiger partial charge is 0.323 e. The van der Waals surface area contributed by atoms with Gasteiger partial charge < -0.3 is 14.7 Å². The molecule has 0 fully saturated rings. The van der Waals surface area contributed by atoms with E-state index in [0.29, 0.717) is 12.4 Å². The highest BCUT2D eigenvalue weighted by atomic mass is 16.5. The summed E-state index contributed by atoms with van der Waals surface area (Å²) in [6.45, 7) is 2.42. The molecule has 0 aliphatic rings. The van der Waals surface area contributed by atoms with Crippen molar-refractivity contribution in [3.05, 3.63) is 30.5 Å². The van der Waals surface area contributed by atoms with Gasteiger partial charge in [0.15, 0.2) is 0 Å². The van der Waals surface area contributed by atoms with Crippen molar-refractivity contribution in [3.8, 4) is 5.75 Å². The Morgan fingerprint density at radius 3 is 2.84 bits per heavy atom. The molecule has 0 radical (unpaired) electrons. The number of hydrogen-bond donors (Lipinski definition) is 1. The molecular formula is C14H16N2O3. The summed E-state index contributed by atoms with van der Waals surface area (Å²) in [5.41, 5.74) is 0. The van der Waals surface area contributed by atoms with E-state index in [1.54, 1.807) is 18.2 Å². The molecule has 1 aromatic carbocycles. The van der Waals surface area contributed by atoms with Crippen LogP contribution in [0.3, 0.4) is 0 Å². The second-order valence-corrected chi connectivity index (χ2v) is 4.13. The number of ether oxygens (including phenoxy) is 1. The average molecular weight is 260 g/mol. The number of carboxylic acids is 1. The molecule has 19 heavy (non-hydrogen) atoms. The maximum absolute atomic E-state index is 10.9. The van der Waals surface area contributed by atoms with Gasteiger partial charge in [0.05, 0.1) is 7.11 Å². The number of carbonyl (C=O) groups is 1. The zero-order chi connectivity index (χ0) is 13.8. The van der Waals surface area contributed by atoms with Crippen molar-refractivity contribution in [1.29, 1.82) is 0 Å². The van der Waals surface area contributed by atoms with E-state index in [0.717, 1.165) is 16.5 Å². The van der Waals surface area contributed by atoms with E-state index in [9.17, 15) is 4.79 Å². The molecule has 1 aromatic heterocycles. The number of likely N-dealkylation sites (N-methyl/N-ethyl adjacent to an activating group) is 1. The van der Waals surface area contributed by atoms with Crippen molar-refractivity contribution >= 4 is 22.6 Å². The van der Waals surface area contributed by atoms with Crippen LogP contribution in [-0.4, -0.2) is 36.3 Å². The van der Waals surface area contributed by atoms with Gasteiger partial charge in [0.25, 0.3) is 0 Å². The van der Waals surface area contributed by atoms with Gasteiger partial charge in [-0.25, -0.2) is 4.98 Å². The molecule has 0 aliphatic heterocycles. The first-order valence-corrected chi connectivity index (χ1v) is 6.05. The van der Waals surface area contributed by atoms with E-state index < -0.39 is 5.97 Å². The maximum atomic E-state index is 10.9. The molecule has 0 saturated heterocycles. The Kier molecular flexibility index (Phi) is 3.85. The molecule has 0 spiro atoms. The number of hydrogen-bond acceptors (Lipinski definition) is 4. The zero-order valence-corrected chi connectivity index (χ0v) is 11.0. The summed E-state index contributed by atoms with van der Waals surface area (Å²) < 4.78 is 5.21. The Hall–Kier alpha value is -2.30. The molecule has 1 heterocycles. The van der Waals surface area contributed by atoms with Crippen LogP contribution >= 0.6 is 0 Å². The molecule has 0 saturated carbocycles. The van der Waals surface area contributed by atoms with Crippen LogP contribution in [0, 0.1) is 0 Å². The van der Waals surface area contributed by atoms with Gasteiger partial charge in [0, 0.05) is 18.1 Å². The van der Waals surface area contributed by atoms with Gasteiger partial charge in [-0.15, -0.1) is 0 Å². The number of nitrogens with zero attached hydrogens (tertiary/aromatic N) is 2. The fraction of sp³-hybridized carbons (Fsp3) is 0.286. The first-order chi connectivity index (χ1) is 9.15. The summed E-state index contributed by atoms with van der Waals surface area (Å²) in [7, 11) is 1.60. The largest absolute Gasteiger partial charge is 0.497 e. The second-order valence-electron chi connectivity index (χ2n) is 4.13. The lowest BCUT2D eigenvalue weighted by atomic mass is 10.1. The number of anilines is 1. The first-order valence-electron chi connectivity index (χ1n) is 6.05. The molecular weight excluding hydrogens is 244 g/mol. The Balaban J connectivity index is 2.54. The van der Waals surface area contributed by atoms with Gasteiger partial charge in [-0.3, -0.25) is 4.79 Å². The van der Waals surface area contributed by atoms with Crippen LogP contribution in [0.5, 0.6) is 5.75 Å². The summed E-state index contributed by atoms with van der Waals surface area (Å²) in [5.74, 6) is 0.526. The number of benzene rings is 1. The van der Waals surface area contributed by atoms with E-state index in [2.05, 4.69) is 4.98 Å². The van der Waals surface area contributed by atoms with Crippen LogP contribution in [-0.2, 0) is 4.79 Å². The topological polar surface area (TPSA) is 62.7 Å². The van der Waals surface area contributed by atoms with Gasteiger partial charge in [-0.05, 0) is 30.5 Å². The number of aromatic nitrogens is 1. The fourth-order valence-corrected chi connectivity index (χ4v) is 2.01. The van der Waals surface area contributed by atoms with Gasteiger partial charge in [-0.2, -0.15) is 0 Å². The predicted octanol–water partition coefficient (Wildman–Crippen LogP) is 2.15. The van der Waals surface area contributed by atoms with E-state index in [4.69, 9.17) is 9.84 Å². The highest BCUT2D eigenvalue weighted by molar-refractivity contribution is 5.94. The molecule has 0 atom stereocenters. The highest BCUT2D eigenvalue weighted by Crippen LogP contribution is 2.27. The SMILES string of the molecule is CCN(CC(=O)O)c1nccc2ccc(OC)cc12. The fourth-order valence-electron chi connectivity index (χ4n) is 2.01. The molecule has 5 nitrogen and oxygen atoms in total. The van der Waals surface area contributed by atoms with Crippen LogP contribution in [0.25, 0.3) is 10.8 Å². The zero-order valence-electron chi connectivity index (χ0n) is 11.0. The number of fused-ring (bicyclic) bond motifs is 1. The summed E-state index contributed by atoms with van der Waals surface area (Å²) in [5, 5.41) is 10.9. The third-order valence-electron chi connectivity index (χ3n) is 2.96. The van der Waals surface area contributed by atoms with Crippen molar-refractivity contribution in [3.63, 3.8) is 0 Å². The van der Waals surface area contributed by atoms with E-state index >= 15 is 0 Å². The van der Waals surface area contributed by atoms with Crippen molar-refractivity contribution in [1.82, 2.24) is 4.98 Å². The Morgan fingerprint density at radius 1 is 1.42 bits per heavy atom. The van der Waals surface area contributed by atoms with Gasteiger partial charge >= 0.3 is 5.97 Å². The Bertz CT molecular complexity index is 598. The lowest BCUT2D eigenvalue weighted by Crippen LogP contribution is -2.30. The summed E-state index contributed by atoms with van der Waals surface area (Å²) in [4.78, 5) is 16.9. The van der Waals surface area contributed by atoms with E-state index in [1.165, 1.54) is 0 Å². The lowest BCUT2D eigenvalue weighted by molar-refractivity contribution is -0.135. The first kappa shape index (κ1) is 13.1. The minimum atomic E-state index is -0.872. The predicted molar refractivity (Wildman–Crippen MR) is 73.8 cm³/mol. The van der Waals surface area contributed by atoms with Crippen LogP contribution in [0.1, 0.15) is 6.92 Å². The van der Waals surface area contributed by atoms with E-state index in [1.807, 2.05) is 31.2 Å². The molecule has 0 bridgehead atoms. The molecule has 1 N–H and O–H groups in total. The molecule has 0 unspecified atom stereocenters. The Morgan fingerprint density at radius 2 is 2.21 bits per heavy atom. The van der Waals surface area contributed by atoms with Crippen LogP contribution in [0.15, 0.2) is 30.5 Å². The summed E-state index contributed by atoms with van der Waals surface area (Å²) >= 11 is 0. The molecule has 5 heteroatoms. The molecule has 0 aliphatic carbocycles. The third-order valence-corrected chi connectivity index (χ3v) is 2.96. The third kappa shape index (κ3) is 2.76. The molecule has 0 amide bonds. The minimum Gasteiger partial charge on any atom is -0.497 e. The summed E-state index contributed by atoms with van der Waals surface area (Å²) in [6.07, 6.45) is 1.69. The minimum absolute atomic E-state index is 0.0696. The van der Waals surface area contributed by atoms with Crippen molar-refractivity contribution in [2.45, 2.75) is 6.92 Å². The quantitative estimate of drug-likeness (QED) is 0.892. The molecule has 100 valence electrons. The van der Waals surface area contributed by atoms with Gasteiger partial charge in [0.1, 0.15) is 18.1 Å². The van der Waals surface area contributed by atoms with Crippen LogP contribution < -0.4 is 9.64 Å². The monoisotopic (exact) mass is 260 g/mol. The van der Waals surface area contributed by atoms with Gasteiger partial charge in [-0.1, -0.05) is 6.07 Å². The number of rotatable bonds is 5. The average Bonchev–Trinajstić information content (AvgIpc) is 2.43. The van der Waals surface area contributed by atoms with Crippen LogP contribution in [0.2, 0.25) is 0 Å². The number of pyridine rings is 1. The highest BCUT2D eigenvalue weighted by Gasteiger charge is 2.13. The van der Waals surface area contributed by atoms with Crippen molar-refractivity contribution < 1.29 is 14.6 Å². The van der Waals surface area contributed by atoms with Crippen LogP contribution in [0.4, 0.5) is 5.82 Å². The summed E-state index contributed by atoms with van der Waals surface area (Å²) in [6, 6.07) is 7.59. The van der Waals surface area contributed by atoms with Crippen molar-refractivity contribution in [2.75, 3.05) is 25.1 Å². The number of carboxylic acid groups (broad SMARTS) is 1. The standard InChI is InChI=1S/C14H16N2O3/c1-3-16(9-13(17)18)14-12-8-11(19-2)5-4-10(12)6-7-15-14/h4-8H,3,9H2,1-2H3,(H,17,18). The lowest BCUT2D eigenvalue weighted by Gasteiger charge is -2.21. The number of methoxy groups -OCH3 is 1. The maximum Gasteiger partial charge on any atom is 0.323 e.